The van der Waals surface area contributed by atoms with Crippen LogP contribution in [0.2, 0.25) is 0 Å². The molecule has 7 nitrogen and oxygen atoms in total. The van der Waals surface area contributed by atoms with Crippen LogP contribution in [0.3, 0.4) is 0 Å². The molecule has 0 unspecified atom stereocenters. The number of hydrazine groups is 1. The lowest BCUT2D eigenvalue weighted by Crippen LogP contribution is -2.32. The Bertz CT molecular complexity index is 1050. The van der Waals surface area contributed by atoms with Crippen molar-refractivity contribution >= 4 is 12.3 Å². The molecule has 0 aliphatic rings. The van der Waals surface area contributed by atoms with Crippen LogP contribution in [-0.2, 0) is 11.3 Å². The number of para-hydroxylation sites is 1. The zero-order valence-electron chi connectivity index (χ0n) is 20.4. The number of carbonyl (C=O) groups excluding carboxylic acids is 1. The Labute approximate surface area is 205 Å². The Balaban J connectivity index is 0.000000266. The predicted octanol–water partition coefficient (Wildman–Crippen LogP) is 5.52. The van der Waals surface area contributed by atoms with E-state index in [1.807, 2.05) is 44.4 Å². The van der Waals surface area contributed by atoms with E-state index < -0.39 is 11.8 Å². The molecule has 0 radical (unpaired) electrons. The monoisotopic (exact) mass is 484 g/mol. The number of carbonyl (C=O) groups is 2. The van der Waals surface area contributed by atoms with Crippen molar-refractivity contribution in [3.63, 3.8) is 0 Å². The summed E-state index contributed by atoms with van der Waals surface area (Å²) in [5, 5.41) is 12.7. The van der Waals surface area contributed by atoms with Crippen molar-refractivity contribution in [3.8, 4) is 17.1 Å². The van der Waals surface area contributed by atoms with E-state index in [4.69, 9.17) is 14.3 Å². The van der Waals surface area contributed by atoms with Crippen molar-refractivity contribution in [1.29, 1.82) is 0 Å². The van der Waals surface area contributed by atoms with Gasteiger partial charge in [-0.1, -0.05) is 24.3 Å². The van der Waals surface area contributed by atoms with Crippen molar-refractivity contribution in [3.05, 3.63) is 77.8 Å². The summed E-state index contributed by atoms with van der Waals surface area (Å²) in [6.45, 7) is 1.42. The van der Waals surface area contributed by atoms with Crippen LogP contribution < -0.4 is 4.74 Å². The van der Waals surface area contributed by atoms with E-state index in [9.17, 15) is 14.0 Å². The molecule has 3 aromatic rings. The quantitative estimate of drug-likeness (QED) is 0.206. The molecule has 0 saturated heterocycles. The average Bonchev–Trinajstić information content (AvgIpc) is 3.37. The third-order valence-corrected chi connectivity index (χ3v) is 5.26. The minimum absolute atomic E-state index is 0.240. The van der Waals surface area contributed by atoms with Crippen LogP contribution in [-0.4, -0.2) is 55.1 Å². The number of nitrogens with zero attached hydrogens (tertiary/aromatic N) is 2. The highest BCUT2D eigenvalue weighted by Crippen LogP contribution is 2.23. The van der Waals surface area contributed by atoms with Crippen molar-refractivity contribution in [2.75, 3.05) is 27.7 Å². The lowest BCUT2D eigenvalue weighted by molar-refractivity contribution is -0.137. The molecule has 1 N–H and O–H groups in total. The van der Waals surface area contributed by atoms with Gasteiger partial charge in [0.1, 0.15) is 23.6 Å². The summed E-state index contributed by atoms with van der Waals surface area (Å²) in [5.41, 5.74) is 1.83. The first-order valence-electron chi connectivity index (χ1n) is 11.4. The Kier molecular flexibility index (Phi) is 11.7. The number of carboxylic acid groups (broad SMARTS) is 1. The normalized spacial score (nSPS) is 10.7. The van der Waals surface area contributed by atoms with Crippen LogP contribution in [0.25, 0.3) is 11.3 Å². The molecule has 0 aliphatic heterocycles. The topological polar surface area (TPSA) is 83.2 Å². The van der Waals surface area contributed by atoms with E-state index in [1.54, 1.807) is 18.2 Å². The first-order valence-corrected chi connectivity index (χ1v) is 11.4. The summed E-state index contributed by atoms with van der Waals surface area (Å²) in [6.07, 6.45) is 4.79. The number of hydrogen-bond donors (Lipinski definition) is 1. The van der Waals surface area contributed by atoms with E-state index in [2.05, 4.69) is 11.1 Å². The van der Waals surface area contributed by atoms with Gasteiger partial charge in [0.05, 0.1) is 18.4 Å². The summed E-state index contributed by atoms with van der Waals surface area (Å²) < 4.78 is 24.3. The van der Waals surface area contributed by atoms with Gasteiger partial charge in [-0.15, -0.1) is 0 Å². The number of ether oxygens (including phenoxy) is 1. The van der Waals surface area contributed by atoms with E-state index in [0.717, 1.165) is 30.7 Å². The third-order valence-electron chi connectivity index (χ3n) is 5.26. The molecule has 1 aromatic heterocycles. The smallest absolute Gasteiger partial charge is 0.303 e. The molecule has 35 heavy (non-hydrogen) atoms. The fourth-order valence-electron chi connectivity index (χ4n) is 3.14. The van der Waals surface area contributed by atoms with Crippen LogP contribution in [0.1, 0.15) is 41.6 Å². The fourth-order valence-corrected chi connectivity index (χ4v) is 3.14. The summed E-state index contributed by atoms with van der Waals surface area (Å²) in [7, 11) is 6.04. The fraction of sp³-hybridized carbons (Fsp3) is 0.333. The second-order valence-electron chi connectivity index (χ2n) is 8.16. The Morgan fingerprint density at radius 1 is 1.06 bits per heavy atom. The van der Waals surface area contributed by atoms with Gasteiger partial charge in [0.15, 0.2) is 0 Å². The number of carboxylic acids is 1. The highest BCUT2D eigenvalue weighted by atomic mass is 19.1. The van der Waals surface area contributed by atoms with Gasteiger partial charge in [-0.05, 0) is 49.6 Å². The summed E-state index contributed by atoms with van der Waals surface area (Å²) >= 11 is 0. The number of hydrogen-bond acceptors (Lipinski definition) is 6. The highest BCUT2D eigenvalue weighted by Gasteiger charge is 2.09. The lowest BCUT2D eigenvalue weighted by atomic mass is 10.1. The Hall–Kier alpha value is -3.49. The molecule has 1 heterocycles. The molecule has 188 valence electrons. The maximum absolute atomic E-state index is 13.4. The maximum Gasteiger partial charge on any atom is 0.303 e. The standard InChI is InChI=1S/C16H26N2O3.C11H7FO2/c1-17(2)18(3)13-14-9-6-7-10-15(14)21-12-8-4-5-11-16(19)20;12-10-6-8(7-13)3-4-9(10)11-2-1-5-14-11/h6-7,9-10H,4-5,8,11-13H2,1-3H3,(H,19,20);1-7H. The number of halogens is 1. The van der Waals surface area contributed by atoms with Crippen LogP contribution >= 0.6 is 0 Å². The van der Waals surface area contributed by atoms with Gasteiger partial charge in [0.2, 0.25) is 0 Å². The second kappa shape index (κ2) is 14.7. The molecular weight excluding hydrogens is 451 g/mol. The van der Waals surface area contributed by atoms with Crippen molar-refractivity contribution in [1.82, 2.24) is 10.0 Å². The van der Waals surface area contributed by atoms with E-state index in [0.29, 0.717) is 36.2 Å². The van der Waals surface area contributed by atoms with E-state index in [-0.39, 0.29) is 6.42 Å². The number of benzene rings is 2. The van der Waals surface area contributed by atoms with Crippen LogP contribution in [0.15, 0.2) is 65.3 Å². The first kappa shape index (κ1) is 27.8. The van der Waals surface area contributed by atoms with Gasteiger partial charge >= 0.3 is 5.97 Å². The number of unbranched alkanes of at least 4 members (excludes halogenated alkanes) is 2. The molecule has 0 atom stereocenters. The van der Waals surface area contributed by atoms with Gasteiger partial charge in [0, 0.05) is 45.2 Å². The maximum atomic E-state index is 13.4. The molecular formula is C27H33FN2O5. The minimum atomic E-state index is -0.729. The summed E-state index contributed by atoms with van der Waals surface area (Å²) in [4.78, 5) is 20.8. The van der Waals surface area contributed by atoms with Crippen molar-refractivity contribution in [2.45, 2.75) is 32.2 Å². The van der Waals surface area contributed by atoms with Crippen molar-refractivity contribution < 1.29 is 28.2 Å². The Morgan fingerprint density at radius 2 is 1.83 bits per heavy atom. The van der Waals surface area contributed by atoms with Gasteiger partial charge < -0.3 is 14.3 Å². The zero-order chi connectivity index (χ0) is 25.6. The second-order valence-corrected chi connectivity index (χ2v) is 8.16. The number of aldehydes is 1. The average molecular weight is 485 g/mol. The SMILES string of the molecule is CN(C)N(C)Cc1ccccc1OCCCCCC(=O)O.O=Cc1ccc(-c2ccco2)c(F)c1. The first-order chi connectivity index (χ1) is 16.8. The highest BCUT2D eigenvalue weighted by molar-refractivity contribution is 5.76. The number of rotatable bonds is 12. The van der Waals surface area contributed by atoms with Crippen molar-refractivity contribution in [2.24, 2.45) is 0 Å². The van der Waals surface area contributed by atoms with Gasteiger partial charge in [0.25, 0.3) is 0 Å². The molecule has 0 aliphatic carbocycles. The van der Waals surface area contributed by atoms with Gasteiger partial charge in [-0.25, -0.2) is 14.4 Å². The van der Waals surface area contributed by atoms with Gasteiger partial charge in [-0.3, -0.25) is 9.59 Å². The molecule has 0 saturated carbocycles. The number of furan rings is 1. The van der Waals surface area contributed by atoms with E-state index in [1.165, 1.54) is 18.4 Å². The van der Waals surface area contributed by atoms with Gasteiger partial charge in [-0.2, -0.15) is 0 Å². The molecule has 8 heteroatoms. The van der Waals surface area contributed by atoms with Crippen LogP contribution in [0.4, 0.5) is 4.39 Å². The lowest BCUT2D eigenvalue weighted by Gasteiger charge is -2.25. The third kappa shape index (κ3) is 9.72. The molecule has 0 spiro atoms. The number of aliphatic carboxylic acids is 1. The summed E-state index contributed by atoms with van der Waals surface area (Å²) in [5.74, 6) is 0.182. The zero-order valence-corrected chi connectivity index (χ0v) is 20.4. The molecule has 3 rings (SSSR count). The Morgan fingerprint density at radius 3 is 2.46 bits per heavy atom. The van der Waals surface area contributed by atoms with Crippen LogP contribution in [0, 0.1) is 5.82 Å². The molecule has 0 bridgehead atoms. The summed E-state index contributed by atoms with van der Waals surface area (Å²) in [6, 6.07) is 15.6. The molecule has 0 fully saturated rings. The van der Waals surface area contributed by atoms with E-state index >= 15 is 0 Å². The minimum Gasteiger partial charge on any atom is -0.493 e. The largest absolute Gasteiger partial charge is 0.493 e. The molecule has 2 aromatic carbocycles. The van der Waals surface area contributed by atoms with Crippen LogP contribution in [0.5, 0.6) is 5.75 Å². The molecule has 0 amide bonds. The predicted molar refractivity (Wildman–Crippen MR) is 133 cm³/mol.